The highest BCUT2D eigenvalue weighted by Crippen LogP contribution is 2.13. The molecule has 0 fully saturated rings. The van der Waals surface area contributed by atoms with E-state index in [1.54, 1.807) is 24.3 Å². The van der Waals surface area contributed by atoms with E-state index in [0.29, 0.717) is 18.5 Å². The maximum atomic E-state index is 13.0. The van der Waals surface area contributed by atoms with Crippen LogP contribution in [-0.2, 0) is 13.0 Å². The summed E-state index contributed by atoms with van der Waals surface area (Å²) in [4.78, 5) is 0. The van der Waals surface area contributed by atoms with E-state index in [2.05, 4.69) is 5.32 Å². The zero-order valence-electron chi connectivity index (χ0n) is 10.7. The van der Waals surface area contributed by atoms with Crippen molar-refractivity contribution in [3.63, 3.8) is 0 Å². The molecule has 5 heteroatoms. The number of benzene rings is 2. The van der Waals surface area contributed by atoms with Crippen molar-refractivity contribution in [2.45, 2.75) is 13.0 Å². The first-order valence-corrected chi connectivity index (χ1v) is 6.18. The lowest BCUT2D eigenvalue weighted by Crippen LogP contribution is -2.17. The molecule has 0 aromatic heterocycles. The third-order valence-electron chi connectivity index (χ3n) is 2.90. The van der Waals surface area contributed by atoms with Gasteiger partial charge in [0.2, 0.25) is 0 Å². The summed E-state index contributed by atoms with van der Waals surface area (Å²) in [6.45, 7) is 0.859. The fourth-order valence-corrected chi connectivity index (χ4v) is 1.84. The number of halogens is 3. The molecule has 0 bridgehead atoms. The molecule has 0 heterocycles. The first-order chi connectivity index (χ1) is 9.56. The molecule has 0 amide bonds. The zero-order valence-corrected chi connectivity index (χ0v) is 10.7. The maximum absolute atomic E-state index is 13.0. The molecule has 106 valence electrons. The minimum absolute atomic E-state index is 0.207. The predicted octanol–water partition coefficient (Wildman–Crippen LogP) is 3.14. The molecule has 0 aliphatic heterocycles. The second-order valence-electron chi connectivity index (χ2n) is 4.47. The van der Waals surface area contributed by atoms with Crippen molar-refractivity contribution in [1.29, 1.82) is 0 Å². The molecule has 0 radical (unpaired) electrons. The van der Waals surface area contributed by atoms with Gasteiger partial charge in [0.1, 0.15) is 5.75 Å². The molecule has 0 unspecified atom stereocenters. The number of aromatic hydroxyl groups is 1. The van der Waals surface area contributed by atoms with Crippen molar-refractivity contribution in [3.05, 3.63) is 65.0 Å². The van der Waals surface area contributed by atoms with Crippen LogP contribution in [0, 0.1) is 17.5 Å². The van der Waals surface area contributed by atoms with E-state index in [1.807, 2.05) is 0 Å². The minimum Gasteiger partial charge on any atom is -0.508 e. The van der Waals surface area contributed by atoms with Gasteiger partial charge >= 0.3 is 0 Å². The highest BCUT2D eigenvalue weighted by atomic mass is 19.2. The van der Waals surface area contributed by atoms with Crippen molar-refractivity contribution in [3.8, 4) is 5.75 Å². The van der Waals surface area contributed by atoms with E-state index in [1.165, 1.54) is 0 Å². The summed E-state index contributed by atoms with van der Waals surface area (Å²) in [5.74, 6) is -3.60. The van der Waals surface area contributed by atoms with Gasteiger partial charge in [-0.2, -0.15) is 0 Å². The molecule has 0 saturated carbocycles. The van der Waals surface area contributed by atoms with Gasteiger partial charge in [-0.25, -0.2) is 13.2 Å². The van der Waals surface area contributed by atoms with Crippen molar-refractivity contribution >= 4 is 0 Å². The van der Waals surface area contributed by atoms with Crippen molar-refractivity contribution in [1.82, 2.24) is 5.32 Å². The predicted molar refractivity (Wildman–Crippen MR) is 69.8 cm³/mol. The Morgan fingerprint density at radius 2 is 1.50 bits per heavy atom. The number of phenolic OH excluding ortho intramolecular Hbond substituents is 1. The molecule has 2 N–H and O–H groups in total. The number of hydrogen-bond donors (Lipinski definition) is 2. The average molecular weight is 281 g/mol. The first-order valence-electron chi connectivity index (χ1n) is 6.18. The average Bonchev–Trinajstić information content (AvgIpc) is 2.43. The van der Waals surface area contributed by atoms with Crippen LogP contribution < -0.4 is 5.32 Å². The Kier molecular flexibility index (Phi) is 4.63. The Hall–Kier alpha value is -2.01. The standard InChI is InChI=1S/C15H14F3NO/c16-13-7-11(8-14(17)15(13)18)9-19-6-5-10-1-3-12(20)4-2-10/h1-4,7-8,19-20H,5-6,9H2. The van der Waals surface area contributed by atoms with Gasteiger partial charge in [-0.1, -0.05) is 12.1 Å². The molecule has 2 nitrogen and oxygen atoms in total. The summed E-state index contributed by atoms with van der Waals surface area (Å²) in [5.41, 5.74) is 1.39. The topological polar surface area (TPSA) is 32.3 Å². The quantitative estimate of drug-likeness (QED) is 0.652. The summed E-state index contributed by atoms with van der Waals surface area (Å²) < 4.78 is 38.7. The number of hydrogen-bond acceptors (Lipinski definition) is 2. The van der Waals surface area contributed by atoms with Crippen molar-refractivity contribution < 1.29 is 18.3 Å². The third kappa shape index (κ3) is 3.74. The van der Waals surface area contributed by atoms with Crippen molar-refractivity contribution in [2.75, 3.05) is 6.54 Å². The Bertz CT molecular complexity index is 561. The molecule has 0 aliphatic rings. The summed E-state index contributed by atoms with van der Waals surface area (Å²) >= 11 is 0. The summed E-state index contributed by atoms with van der Waals surface area (Å²) in [6, 6.07) is 8.75. The van der Waals surface area contributed by atoms with Crippen LogP contribution in [0.25, 0.3) is 0 Å². The first kappa shape index (κ1) is 14.4. The Balaban J connectivity index is 1.83. The molecule has 0 atom stereocenters. The molecule has 0 aliphatic carbocycles. The van der Waals surface area contributed by atoms with E-state index in [9.17, 15) is 13.2 Å². The van der Waals surface area contributed by atoms with Crippen LogP contribution in [0.2, 0.25) is 0 Å². The van der Waals surface area contributed by atoms with E-state index < -0.39 is 17.5 Å². The Labute approximate surface area is 114 Å². The highest BCUT2D eigenvalue weighted by Gasteiger charge is 2.09. The minimum atomic E-state index is -1.45. The summed E-state index contributed by atoms with van der Waals surface area (Å²) in [5, 5.41) is 12.2. The van der Waals surface area contributed by atoms with Crippen molar-refractivity contribution in [2.24, 2.45) is 0 Å². The fourth-order valence-electron chi connectivity index (χ4n) is 1.84. The second kappa shape index (κ2) is 6.43. The van der Waals surface area contributed by atoms with Crippen LogP contribution in [0.1, 0.15) is 11.1 Å². The molecule has 2 rings (SSSR count). The van der Waals surface area contributed by atoms with Gasteiger partial charge in [0.25, 0.3) is 0 Å². The van der Waals surface area contributed by atoms with E-state index in [-0.39, 0.29) is 12.3 Å². The van der Waals surface area contributed by atoms with Gasteiger partial charge < -0.3 is 10.4 Å². The number of rotatable bonds is 5. The van der Waals surface area contributed by atoms with Gasteiger partial charge in [0.15, 0.2) is 17.5 Å². The third-order valence-corrected chi connectivity index (χ3v) is 2.90. The normalized spacial score (nSPS) is 10.8. The lowest BCUT2D eigenvalue weighted by atomic mass is 10.1. The number of phenols is 1. The molecule has 20 heavy (non-hydrogen) atoms. The van der Waals surface area contributed by atoms with Crippen LogP contribution in [0.15, 0.2) is 36.4 Å². The van der Waals surface area contributed by atoms with E-state index in [4.69, 9.17) is 5.11 Å². The van der Waals surface area contributed by atoms with E-state index >= 15 is 0 Å². The smallest absolute Gasteiger partial charge is 0.194 e. The lowest BCUT2D eigenvalue weighted by molar-refractivity contribution is 0.444. The van der Waals surface area contributed by atoms with Gasteiger partial charge in [-0.3, -0.25) is 0 Å². The largest absolute Gasteiger partial charge is 0.508 e. The molecule has 0 saturated heterocycles. The fraction of sp³-hybridized carbons (Fsp3) is 0.200. The van der Waals surface area contributed by atoms with Gasteiger partial charge in [0.05, 0.1) is 0 Å². The SMILES string of the molecule is Oc1ccc(CCNCc2cc(F)c(F)c(F)c2)cc1. The summed E-state index contributed by atoms with van der Waals surface area (Å²) in [6.07, 6.45) is 0.715. The highest BCUT2D eigenvalue weighted by molar-refractivity contribution is 5.26. The van der Waals surface area contributed by atoms with Crippen LogP contribution in [-0.4, -0.2) is 11.7 Å². The molecule has 2 aromatic rings. The molecule has 0 spiro atoms. The maximum Gasteiger partial charge on any atom is 0.194 e. The molecular weight excluding hydrogens is 267 g/mol. The van der Waals surface area contributed by atoms with Gasteiger partial charge in [-0.15, -0.1) is 0 Å². The van der Waals surface area contributed by atoms with E-state index in [0.717, 1.165) is 17.7 Å². The van der Waals surface area contributed by atoms with Crippen LogP contribution in [0.3, 0.4) is 0 Å². The monoisotopic (exact) mass is 281 g/mol. The molecule has 2 aromatic carbocycles. The second-order valence-corrected chi connectivity index (χ2v) is 4.47. The van der Waals surface area contributed by atoms with Gasteiger partial charge in [-0.05, 0) is 48.4 Å². The lowest BCUT2D eigenvalue weighted by Gasteiger charge is -2.06. The zero-order chi connectivity index (χ0) is 14.5. The van der Waals surface area contributed by atoms with Crippen LogP contribution in [0.5, 0.6) is 5.75 Å². The Morgan fingerprint density at radius 1 is 0.900 bits per heavy atom. The summed E-state index contributed by atoms with van der Waals surface area (Å²) in [7, 11) is 0. The van der Waals surface area contributed by atoms with Crippen LogP contribution >= 0.6 is 0 Å². The molecular formula is C15H14F3NO. The Morgan fingerprint density at radius 3 is 2.10 bits per heavy atom. The van der Waals surface area contributed by atoms with Crippen LogP contribution in [0.4, 0.5) is 13.2 Å². The van der Waals surface area contributed by atoms with Gasteiger partial charge in [0, 0.05) is 6.54 Å². The number of nitrogens with one attached hydrogen (secondary N) is 1.